The molecule has 0 saturated carbocycles. The molecule has 0 aromatic heterocycles. The lowest BCUT2D eigenvalue weighted by molar-refractivity contribution is -0.142. The van der Waals surface area contributed by atoms with Crippen LogP contribution in [0.5, 0.6) is 5.75 Å². The van der Waals surface area contributed by atoms with Gasteiger partial charge in [-0.2, -0.15) is 4.31 Å². The van der Waals surface area contributed by atoms with Crippen molar-refractivity contribution in [1.29, 1.82) is 0 Å². The van der Waals surface area contributed by atoms with E-state index in [4.69, 9.17) is 4.74 Å². The van der Waals surface area contributed by atoms with Gasteiger partial charge in [0, 0.05) is 12.1 Å². The van der Waals surface area contributed by atoms with Crippen molar-refractivity contribution in [2.24, 2.45) is 5.92 Å². The van der Waals surface area contributed by atoms with E-state index in [1.165, 1.54) is 4.31 Å². The number of carboxylic acid groups (broad SMARTS) is 1. The van der Waals surface area contributed by atoms with E-state index in [0.29, 0.717) is 18.6 Å². The summed E-state index contributed by atoms with van der Waals surface area (Å²) in [5.41, 5.74) is 1.51. The van der Waals surface area contributed by atoms with Gasteiger partial charge in [-0.3, -0.25) is 4.79 Å². The Labute approximate surface area is 136 Å². The Morgan fingerprint density at radius 1 is 1.26 bits per heavy atom. The Bertz CT molecular complexity index is 735. The van der Waals surface area contributed by atoms with Crippen molar-refractivity contribution in [2.75, 3.05) is 7.11 Å². The minimum atomic E-state index is -3.70. The normalized spacial score (nSPS) is 27.3. The van der Waals surface area contributed by atoms with Crippen molar-refractivity contribution in [3.8, 4) is 5.75 Å². The zero-order valence-electron chi connectivity index (χ0n) is 13.4. The Kier molecular flexibility index (Phi) is 3.88. The number of methoxy groups -OCH3 is 1. The van der Waals surface area contributed by atoms with E-state index >= 15 is 0 Å². The Hall–Kier alpha value is -1.60. The predicted molar refractivity (Wildman–Crippen MR) is 84.0 cm³/mol. The summed E-state index contributed by atoms with van der Waals surface area (Å²) >= 11 is 0. The lowest BCUT2D eigenvalue weighted by Crippen LogP contribution is -2.37. The SMILES string of the molecule is COc1c(C)cc(S(=O)(=O)N2C3CCC2C(C(=O)O)C3)cc1C. The standard InChI is InChI=1S/C16H21NO5S/c1-9-6-12(7-10(2)15(9)22-3)23(20,21)17-11-4-5-14(17)13(8-11)16(18)19/h6-7,11,13-14H,4-5,8H2,1-3H3,(H,18,19). The Morgan fingerprint density at radius 3 is 2.35 bits per heavy atom. The van der Waals surface area contributed by atoms with Gasteiger partial charge in [0.05, 0.1) is 17.9 Å². The largest absolute Gasteiger partial charge is 0.496 e. The third-order valence-electron chi connectivity index (χ3n) is 5.00. The van der Waals surface area contributed by atoms with E-state index in [9.17, 15) is 18.3 Å². The van der Waals surface area contributed by atoms with Gasteiger partial charge in [-0.25, -0.2) is 8.42 Å². The molecule has 2 saturated heterocycles. The van der Waals surface area contributed by atoms with Crippen LogP contribution in [0.2, 0.25) is 0 Å². The molecule has 6 nitrogen and oxygen atoms in total. The first kappa shape index (κ1) is 16.3. The van der Waals surface area contributed by atoms with Crippen LogP contribution in [0.15, 0.2) is 17.0 Å². The van der Waals surface area contributed by atoms with E-state index in [1.54, 1.807) is 19.2 Å². The molecule has 2 bridgehead atoms. The van der Waals surface area contributed by atoms with Crippen LogP contribution in [0.25, 0.3) is 0 Å². The molecular formula is C16H21NO5S. The van der Waals surface area contributed by atoms with E-state index in [0.717, 1.165) is 17.5 Å². The highest BCUT2D eigenvalue weighted by Crippen LogP contribution is 2.45. The van der Waals surface area contributed by atoms with Crippen molar-refractivity contribution in [1.82, 2.24) is 4.31 Å². The van der Waals surface area contributed by atoms with Gasteiger partial charge >= 0.3 is 5.97 Å². The molecule has 2 fully saturated rings. The molecule has 1 N–H and O–H groups in total. The first-order valence-corrected chi connectivity index (χ1v) is 9.13. The number of carboxylic acids is 1. The summed E-state index contributed by atoms with van der Waals surface area (Å²) < 4.78 is 32.8. The Morgan fingerprint density at radius 2 is 1.87 bits per heavy atom. The predicted octanol–water partition coefficient (Wildman–Crippen LogP) is 1.94. The molecule has 0 amide bonds. The van der Waals surface area contributed by atoms with Crippen LogP contribution in [0.4, 0.5) is 0 Å². The van der Waals surface area contributed by atoms with Crippen LogP contribution >= 0.6 is 0 Å². The van der Waals surface area contributed by atoms with Crippen LogP contribution in [0.1, 0.15) is 30.4 Å². The van der Waals surface area contributed by atoms with Crippen LogP contribution in [-0.4, -0.2) is 43.0 Å². The molecule has 1 aromatic rings. The number of nitrogens with zero attached hydrogens (tertiary/aromatic N) is 1. The molecule has 1 aromatic carbocycles. The summed E-state index contributed by atoms with van der Waals surface area (Å²) in [6, 6.07) is 2.59. The maximum atomic E-state index is 13.1. The molecule has 3 unspecified atom stereocenters. The van der Waals surface area contributed by atoms with E-state index in [-0.39, 0.29) is 10.9 Å². The van der Waals surface area contributed by atoms with E-state index in [2.05, 4.69) is 0 Å². The number of carbonyl (C=O) groups is 1. The van der Waals surface area contributed by atoms with Crippen LogP contribution in [-0.2, 0) is 14.8 Å². The summed E-state index contributed by atoms with van der Waals surface area (Å²) in [6.07, 6.45) is 1.77. The molecule has 3 rings (SSSR count). The van der Waals surface area contributed by atoms with Crippen LogP contribution < -0.4 is 4.74 Å². The zero-order valence-corrected chi connectivity index (χ0v) is 14.3. The molecule has 23 heavy (non-hydrogen) atoms. The molecular weight excluding hydrogens is 318 g/mol. The maximum absolute atomic E-state index is 13.1. The number of rotatable bonds is 4. The highest BCUT2D eigenvalue weighted by Gasteiger charge is 2.54. The molecule has 3 atom stereocenters. The zero-order chi connectivity index (χ0) is 16.9. The fourth-order valence-electron chi connectivity index (χ4n) is 4.08. The first-order valence-electron chi connectivity index (χ1n) is 7.69. The quantitative estimate of drug-likeness (QED) is 0.906. The second-order valence-corrected chi connectivity index (χ2v) is 8.25. The van der Waals surface area contributed by atoms with Crippen molar-refractivity contribution in [3.05, 3.63) is 23.3 Å². The van der Waals surface area contributed by atoms with E-state index in [1.807, 2.05) is 13.8 Å². The molecule has 2 aliphatic rings. The number of aliphatic carboxylic acids is 1. The second kappa shape index (κ2) is 5.49. The third-order valence-corrected chi connectivity index (χ3v) is 6.96. The van der Waals surface area contributed by atoms with Gasteiger partial charge in [0.25, 0.3) is 0 Å². The molecule has 7 heteroatoms. The van der Waals surface area contributed by atoms with E-state index < -0.39 is 28.0 Å². The molecule has 0 aliphatic carbocycles. The number of hydrogen-bond acceptors (Lipinski definition) is 4. The average molecular weight is 339 g/mol. The fourth-order valence-corrected chi connectivity index (χ4v) is 6.17. The molecule has 0 radical (unpaired) electrons. The number of sulfonamides is 1. The van der Waals surface area contributed by atoms with Gasteiger partial charge in [0.1, 0.15) is 5.75 Å². The topological polar surface area (TPSA) is 83.9 Å². The number of hydrogen-bond donors (Lipinski definition) is 1. The first-order chi connectivity index (χ1) is 10.8. The second-order valence-electron chi connectivity index (χ2n) is 6.40. The lowest BCUT2D eigenvalue weighted by Gasteiger charge is -2.23. The third kappa shape index (κ3) is 2.42. The summed E-state index contributed by atoms with van der Waals surface area (Å²) in [4.78, 5) is 11.6. The fraction of sp³-hybridized carbons (Fsp3) is 0.562. The van der Waals surface area contributed by atoms with Crippen LogP contribution in [0.3, 0.4) is 0 Å². The van der Waals surface area contributed by atoms with Gasteiger partial charge in [0.2, 0.25) is 10.0 Å². The number of aryl methyl sites for hydroxylation is 2. The number of benzene rings is 1. The van der Waals surface area contributed by atoms with Gasteiger partial charge in [-0.1, -0.05) is 0 Å². The van der Waals surface area contributed by atoms with Crippen molar-refractivity contribution in [2.45, 2.75) is 50.1 Å². The number of ether oxygens (including phenoxy) is 1. The summed E-state index contributed by atoms with van der Waals surface area (Å²) in [5.74, 6) is -0.819. The summed E-state index contributed by atoms with van der Waals surface area (Å²) in [5, 5.41) is 9.31. The summed E-state index contributed by atoms with van der Waals surface area (Å²) in [6.45, 7) is 3.62. The minimum Gasteiger partial charge on any atom is -0.496 e. The Balaban J connectivity index is 2.02. The van der Waals surface area contributed by atoms with Crippen LogP contribution in [0, 0.1) is 19.8 Å². The highest BCUT2D eigenvalue weighted by atomic mass is 32.2. The molecule has 126 valence electrons. The lowest BCUT2D eigenvalue weighted by atomic mass is 9.89. The summed E-state index contributed by atoms with van der Waals surface area (Å²) in [7, 11) is -2.14. The van der Waals surface area contributed by atoms with Gasteiger partial charge in [0.15, 0.2) is 0 Å². The molecule has 2 heterocycles. The molecule has 0 spiro atoms. The highest BCUT2D eigenvalue weighted by molar-refractivity contribution is 7.89. The monoisotopic (exact) mass is 339 g/mol. The minimum absolute atomic E-state index is 0.200. The maximum Gasteiger partial charge on any atom is 0.308 e. The number of fused-ring (bicyclic) bond motifs is 2. The van der Waals surface area contributed by atoms with Gasteiger partial charge in [-0.15, -0.1) is 0 Å². The molecule has 2 aliphatic heterocycles. The van der Waals surface area contributed by atoms with Crippen molar-refractivity contribution >= 4 is 16.0 Å². The van der Waals surface area contributed by atoms with Gasteiger partial charge < -0.3 is 9.84 Å². The van der Waals surface area contributed by atoms with Crippen molar-refractivity contribution in [3.63, 3.8) is 0 Å². The van der Waals surface area contributed by atoms with Crippen molar-refractivity contribution < 1.29 is 23.1 Å². The van der Waals surface area contributed by atoms with Gasteiger partial charge in [-0.05, 0) is 56.4 Å². The average Bonchev–Trinajstić information content (AvgIpc) is 3.05. The smallest absolute Gasteiger partial charge is 0.308 e.